The van der Waals surface area contributed by atoms with Crippen molar-refractivity contribution in [2.45, 2.75) is 26.3 Å². The van der Waals surface area contributed by atoms with E-state index >= 15 is 0 Å². The van der Waals surface area contributed by atoms with E-state index in [-0.39, 0.29) is 0 Å². The molecule has 0 radical (unpaired) electrons. The van der Waals surface area contributed by atoms with Crippen molar-refractivity contribution in [3.05, 3.63) is 18.2 Å². The molecule has 1 rings (SSSR count). The molecule has 0 aliphatic rings. The Bertz CT molecular complexity index is 359. The van der Waals surface area contributed by atoms with Crippen LogP contribution in [0.25, 0.3) is 0 Å². The summed E-state index contributed by atoms with van der Waals surface area (Å²) in [4.78, 5) is 0. The monoisotopic (exact) mass is 267 g/mol. The number of nitrogens with one attached hydrogen (secondary N) is 1. The average Bonchev–Trinajstić information content (AvgIpc) is 2.46. The van der Waals surface area contributed by atoms with Gasteiger partial charge in [0.05, 0.1) is 14.2 Å². The SMILES string of the molecule is CCC(C)C(COc1cc(OC)cc(OC)c1)NC. The van der Waals surface area contributed by atoms with Crippen LogP contribution in [0, 0.1) is 5.92 Å². The molecule has 1 aromatic carbocycles. The van der Waals surface area contributed by atoms with Crippen LogP contribution in [0.3, 0.4) is 0 Å². The molecule has 19 heavy (non-hydrogen) atoms. The maximum Gasteiger partial charge on any atom is 0.126 e. The Morgan fingerprint density at radius 1 is 1.05 bits per heavy atom. The highest BCUT2D eigenvalue weighted by atomic mass is 16.5. The third-order valence-corrected chi connectivity index (χ3v) is 3.46. The fourth-order valence-corrected chi connectivity index (χ4v) is 1.87. The molecular weight excluding hydrogens is 242 g/mol. The second-order valence-electron chi connectivity index (χ2n) is 4.64. The number of rotatable bonds is 8. The van der Waals surface area contributed by atoms with Crippen LogP contribution < -0.4 is 19.5 Å². The molecule has 4 nitrogen and oxygen atoms in total. The van der Waals surface area contributed by atoms with Gasteiger partial charge in [-0.1, -0.05) is 20.3 Å². The molecule has 0 aliphatic heterocycles. The summed E-state index contributed by atoms with van der Waals surface area (Å²) in [6.45, 7) is 5.03. The summed E-state index contributed by atoms with van der Waals surface area (Å²) in [7, 11) is 5.23. The molecule has 0 aromatic heterocycles. The fourth-order valence-electron chi connectivity index (χ4n) is 1.87. The highest BCUT2D eigenvalue weighted by Crippen LogP contribution is 2.27. The molecule has 0 amide bonds. The van der Waals surface area contributed by atoms with Gasteiger partial charge in [-0.3, -0.25) is 0 Å². The standard InChI is InChI=1S/C15H25NO3/c1-6-11(2)15(16-3)10-19-14-8-12(17-4)7-13(9-14)18-5/h7-9,11,15-16H,6,10H2,1-5H3. The lowest BCUT2D eigenvalue weighted by Crippen LogP contribution is -2.37. The molecule has 4 heteroatoms. The maximum absolute atomic E-state index is 5.84. The predicted octanol–water partition coefficient (Wildman–Crippen LogP) is 2.72. The lowest BCUT2D eigenvalue weighted by molar-refractivity contribution is 0.226. The molecule has 0 saturated carbocycles. The highest BCUT2D eigenvalue weighted by molar-refractivity contribution is 5.42. The van der Waals surface area contributed by atoms with Gasteiger partial charge < -0.3 is 19.5 Å². The van der Waals surface area contributed by atoms with Crippen molar-refractivity contribution in [3.63, 3.8) is 0 Å². The van der Waals surface area contributed by atoms with Crippen molar-refractivity contribution >= 4 is 0 Å². The normalized spacial score (nSPS) is 13.7. The van der Waals surface area contributed by atoms with E-state index in [1.807, 2.05) is 25.2 Å². The lowest BCUT2D eigenvalue weighted by atomic mass is 10.0. The molecule has 108 valence electrons. The van der Waals surface area contributed by atoms with E-state index in [2.05, 4.69) is 19.2 Å². The van der Waals surface area contributed by atoms with Gasteiger partial charge in [0.25, 0.3) is 0 Å². The third kappa shape index (κ3) is 4.63. The lowest BCUT2D eigenvalue weighted by Gasteiger charge is -2.22. The van der Waals surface area contributed by atoms with Gasteiger partial charge in [-0.25, -0.2) is 0 Å². The molecular formula is C15H25NO3. The minimum atomic E-state index is 0.335. The smallest absolute Gasteiger partial charge is 0.126 e. The maximum atomic E-state index is 5.84. The van der Waals surface area contributed by atoms with Crippen molar-refractivity contribution in [2.75, 3.05) is 27.9 Å². The number of ether oxygens (including phenoxy) is 3. The van der Waals surface area contributed by atoms with Gasteiger partial charge in [-0.2, -0.15) is 0 Å². The van der Waals surface area contributed by atoms with Gasteiger partial charge in [0.2, 0.25) is 0 Å². The number of hydrogen-bond donors (Lipinski definition) is 1. The first-order valence-electron chi connectivity index (χ1n) is 6.67. The second-order valence-corrected chi connectivity index (χ2v) is 4.64. The average molecular weight is 267 g/mol. The quantitative estimate of drug-likeness (QED) is 0.786. The first-order chi connectivity index (χ1) is 9.14. The zero-order valence-corrected chi connectivity index (χ0v) is 12.5. The van der Waals surface area contributed by atoms with Crippen LogP contribution >= 0.6 is 0 Å². The van der Waals surface area contributed by atoms with Crippen molar-refractivity contribution < 1.29 is 14.2 Å². The molecule has 0 heterocycles. The summed E-state index contributed by atoms with van der Waals surface area (Å²) in [5, 5.41) is 3.29. The first-order valence-corrected chi connectivity index (χ1v) is 6.67. The van der Waals surface area contributed by atoms with Crippen LogP contribution in [-0.4, -0.2) is 33.9 Å². The van der Waals surface area contributed by atoms with Crippen molar-refractivity contribution in [2.24, 2.45) is 5.92 Å². The summed E-state index contributed by atoms with van der Waals surface area (Å²) in [6, 6.07) is 5.90. The Hall–Kier alpha value is -1.42. The highest BCUT2D eigenvalue weighted by Gasteiger charge is 2.14. The van der Waals surface area contributed by atoms with Crippen LogP contribution in [0.1, 0.15) is 20.3 Å². The molecule has 1 aromatic rings. The van der Waals surface area contributed by atoms with E-state index in [9.17, 15) is 0 Å². The van der Waals surface area contributed by atoms with E-state index in [1.54, 1.807) is 14.2 Å². The molecule has 0 aliphatic carbocycles. The van der Waals surface area contributed by atoms with Gasteiger partial charge in [0.1, 0.15) is 23.9 Å². The van der Waals surface area contributed by atoms with Crippen molar-refractivity contribution in [1.29, 1.82) is 0 Å². The number of likely N-dealkylation sites (N-methyl/N-ethyl adjacent to an activating group) is 1. The molecule has 0 fully saturated rings. The van der Waals surface area contributed by atoms with Crippen molar-refractivity contribution in [3.8, 4) is 17.2 Å². The van der Waals surface area contributed by atoms with Gasteiger partial charge >= 0.3 is 0 Å². The second kappa shape index (κ2) is 7.89. The molecule has 0 spiro atoms. The summed E-state index contributed by atoms with van der Waals surface area (Å²) >= 11 is 0. The zero-order chi connectivity index (χ0) is 14.3. The van der Waals surface area contributed by atoms with Crippen LogP contribution in [0.15, 0.2) is 18.2 Å². The van der Waals surface area contributed by atoms with E-state index in [4.69, 9.17) is 14.2 Å². The van der Waals surface area contributed by atoms with Crippen LogP contribution in [-0.2, 0) is 0 Å². The van der Waals surface area contributed by atoms with E-state index in [0.29, 0.717) is 18.6 Å². The summed E-state index contributed by atoms with van der Waals surface area (Å²) in [5.41, 5.74) is 0. The fraction of sp³-hybridized carbons (Fsp3) is 0.600. The van der Waals surface area contributed by atoms with E-state index in [0.717, 1.165) is 23.7 Å². The van der Waals surface area contributed by atoms with E-state index < -0.39 is 0 Å². The molecule has 1 N–H and O–H groups in total. The van der Waals surface area contributed by atoms with Gasteiger partial charge in [-0.15, -0.1) is 0 Å². The summed E-state index contributed by atoms with van der Waals surface area (Å²) < 4.78 is 16.3. The molecule has 0 saturated heterocycles. The minimum absolute atomic E-state index is 0.335. The Kier molecular flexibility index (Phi) is 6.50. The third-order valence-electron chi connectivity index (χ3n) is 3.46. The van der Waals surface area contributed by atoms with Gasteiger partial charge in [0.15, 0.2) is 0 Å². The molecule has 2 atom stereocenters. The summed E-state index contributed by atoms with van der Waals surface area (Å²) in [6.07, 6.45) is 1.12. The van der Waals surface area contributed by atoms with Gasteiger partial charge in [0, 0.05) is 24.2 Å². The van der Waals surface area contributed by atoms with Crippen LogP contribution in [0.4, 0.5) is 0 Å². The number of hydrogen-bond acceptors (Lipinski definition) is 4. The topological polar surface area (TPSA) is 39.7 Å². The Morgan fingerprint density at radius 3 is 2.00 bits per heavy atom. The zero-order valence-electron chi connectivity index (χ0n) is 12.5. The molecule has 0 bridgehead atoms. The number of methoxy groups -OCH3 is 2. The summed E-state index contributed by atoms with van der Waals surface area (Å²) in [5.74, 6) is 2.80. The Morgan fingerprint density at radius 2 is 1.58 bits per heavy atom. The van der Waals surface area contributed by atoms with Crippen LogP contribution in [0.5, 0.6) is 17.2 Å². The first kappa shape index (κ1) is 15.6. The Labute approximate surface area is 116 Å². The predicted molar refractivity (Wildman–Crippen MR) is 77.3 cm³/mol. The van der Waals surface area contributed by atoms with Crippen molar-refractivity contribution in [1.82, 2.24) is 5.32 Å². The van der Waals surface area contributed by atoms with E-state index in [1.165, 1.54) is 0 Å². The number of benzene rings is 1. The largest absolute Gasteiger partial charge is 0.496 e. The minimum Gasteiger partial charge on any atom is -0.496 e. The van der Waals surface area contributed by atoms with Crippen LogP contribution in [0.2, 0.25) is 0 Å². The van der Waals surface area contributed by atoms with Gasteiger partial charge in [-0.05, 0) is 13.0 Å². The molecule has 2 unspecified atom stereocenters. The Balaban J connectivity index is 2.70.